The van der Waals surface area contributed by atoms with Gasteiger partial charge in [-0.2, -0.15) is 0 Å². The zero-order valence-corrected chi connectivity index (χ0v) is 12.5. The van der Waals surface area contributed by atoms with E-state index in [0.717, 1.165) is 11.8 Å². The lowest BCUT2D eigenvalue weighted by atomic mass is 10.0. The summed E-state index contributed by atoms with van der Waals surface area (Å²) in [5.74, 6) is -1.17. The van der Waals surface area contributed by atoms with E-state index in [-0.39, 0.29) is 17.0 Å². The van der Waals surface area contributed by atoms with Crippen molar-refractivity contribution < 1.29 is 18.3 Å². The van der Waals surface area contributed by atoms with Crippen molar-refractivity contribution in [2.24, 2.45) is 0 Å². The van der Waals surface area contributed by atoms with Crippen LogP contribution >= 0.6 is 0 Å². The van der Waals surface area contributed by atoms with E-state index in [1.807, 2.05) is 6.92 Å². The first kappa shape index (κ1) is 15.3. The van der Waals surface area contributed by atoms with Gasteiger partial charge in [0, 0.05) is 0 Å². The Labute approximate surface area is 123 Å². The van der Waals surface area contributed by atoms with Gasteiger partial charge in [0.05, 0.1) is 17.0 Å². The molecular weight excluding hydrogens is 290 g/mol. The summed E-state index contributed by atoms with van der Waals surface area (Å²) in [5, 5.41) is 10.7. The average molecular weight is 307 g/mol. The minimum absolute atomic E-state index is 0.0185. The lowest BCUT2D eigenvalue weighted by molar-refractivity contribution is 0.0700. The molecule has 0 aromatic heterocycles. The van der Waals surface area contributed by atoms with Gasteiger partial charge < -0.3 is 5.11 Å². The van der Waals surface area contributed by atoms with Gasteiger partial charge in [0.1, 0.15) is 0 Å². The highest BCUT2D eigenvalue weighted by atomic mass is 32.2. The van der Waals surface area contributed by atoms with Crippen molar-refractivity contribution in [2.75, 3.05) is 10.5 Å². The first-order valence-electron chi connectivity index (χ1n) is 6.70. The van der Waals surface area contributed by atoms with Crippen LogP contribution in [0.15, 0.2) is 36.4 Å². The molecule has 0 unspecified atom stereocenters. The largest absolute Gasteiger partial charge is 0.478 e. The van der Waals surface area contributed by atoms with Crippen molar-refractivity contribution >= 4 is 32.5 Å². The van der Waals surface area contributed by atoms with E-state index in [9.17, 15) is 18.3 Å². The molecule has 6 heteroatoms. The lowest BCUT2D eigenvalue weighted by Crippen LogP contribution is -2.18. The minimum atomic E-state index is -3.53. The van der Waals surface area contributed by atoms with Crippen LogP contribution in [-0.2, 0) is 10.0 Å². The summed E-state index contributed by atoms with van der Waals surface area (Å²) in [6.45, 7) is 1.90. The van der Waals surface area contributed by atoms with Crippen molar-refractivity contribution in [1.29, 1.82) is 0 Å². The second-order valence-corrected chi connectivity index (χ2v) is 6.63. The number of benzene rings is 2. The predicted molar refractivity (Wildman–Crippen MR) is 83.2 cm³/mol. The Kier molecular flexibility index (Phi) is 4.47. The fraction of sp³-hybridized carbons (Fsp3) is 0.267. The van der Waals surface area contributed by atoms with Crippen molar-refractivity contribution in [3.05, 3.63) is 42.0 Å². The van der Waals surface area contributed by atoms with Crippen LogP contribution in [0, 0.1) is 0 Å². The number of hydrogen-bond acceptors (Lipinski definition) is 3. The van der Waals surface area contributed by atoms with E-state index >= 15 is 0 Å². The van der Waals surface area contributed by atoms with Crippen LogP contribution in [0.2, 0.25) is 0 Å². The van der Waals surface area contributed by atoms with Crippen molar-refractivity contribution in [2.45, 2.75) is 19.8 Å². The smallest absolute Gasteiger partial charge is 0.338 e. The van der Waals surface area contributed by atoms with Crippen LogP contribution in [0.3, 0.4) is 0 Å². The topological polar surface area (TPSA) is 83.5 Å². The normalized spacial score (nSPS) is 11.5. The summed E-state index contributed by atoms with van der Waals surface area (Å²) >= 11 is 0. The number of anilines is 1. The molecule has 0 aliphatic carbocycles. The number of sulfonamides is 1. The fourth-order valence-corrected chi connectivity index (χ4v) is 3.42. The van der Waals surface area contributed by atoms with Crippen LogP contribution in [0.4, 0.5) is 5.69 Å². The van der Waals surface area contributed by atoms with Gasteiger partial charge in [0.15, 0.2) is 0 Å². The molecule has 21 heavy (non-hydrogen) atoms. The zero-order valence-electron chi connectivity index (χ0n) is 11.7. The van der Waals surface area contributed by atoms with Gasteiger partial charge in [0.2, 0.25) is 10.0 Å². The monoisotopic (exact) mass is 307 g/mol. The van der Waals surface area contributed by atoms with E-state index in [1.165, 1.54) is 6.07 Å². The van der Waals surface area contributed by atoms with Gasteiger partial charge in [-0.1, -0.05) is 43.7 Å². The summed E-state index contributed by atoms with van der Waals surface area (Å²) in [6, 6.07) is 10.2. The Balaban J connectivity index is 2.49. The summed E-state index contributed by atoms with van der Waals surface area (Å²) < 4.78 is 26.3. The third-order valence-corrected chi connectivity index (χ3v) is 4.53. The van der Waals surface area contributed by atoms with E-state index < -0.39 is 16.0 Å². The van der Waals surface area contributed by atoms with Gasteiger partial charge >= 0.3 is 5.97 Å². The SMILES string of the molecule is CCCCS(=O)(=O)Nc1ccc2ccccc2c1C(=O)O. The number of rotatable bonds is 6. The molecule has 0 saturated heterocycles. The molecular formula is C15H17NO4S. The molecule has 0 aliphatic rings. The Bertz CT molecular complexity index is 768. The molecule has 0 radical (unpaired) electrons. The Morgan fingerprint density at radius 3 is 2.57 bits per heavy atom. The van der Waals surface area contributed by atoms with E-state index in [4.69, 9.17) is 0 Å². The van der Waals surface area contributed by atoms with Gasteiger partial charge in [-0.3, -0.25) is 4.72 Å². The van der Waals surface area contributed by atoms with Crippen molar-refractivity contribution in [3.63, 3.8) is 0 Å². The van der Waals surface area contributed by atoms with Crippen LogP contribution in [0.25, 0.3) is 10.8 Å². The fourth-order valence-electron chi connectivity index (χ4n) is 2.14. The third kappa shape index (κ3) is 3.52. The van der Waals surface area contributed by atoms with E-state index in [0.29, 0.717) is 11.8 Å². The second-order valence-electron chi connectivity index (χ2n) is 4.79. The number of nitrogens with one attached hydrogen (secondary N) is 1. The quantitative estimate of drug-likeness (QED) is 0.859. The molecule has 0 heterocycles. The number of unbranched alkanes of at least 4 members (excludes halogenated alkanes) is 1. The summed E-state index contributed by atoms with van der Waals surface area (Å²) in [7, 11) is -3.53. The molecule has 0 fully saturated rings. The Morgan fingerprint density at radius 1 is 1.19 bits per heavy atom. The summed E-state index contributed by atoms with van der Waals surface area (Å²) in [5.41, 5.74) is 0.0884. The molecule has 0 spiro atoms. The second kappa shape index (κ2) is 6.13. The molecule has 0 atom stereocenters. The van der Waals surface area contributed by atoms with Gasteiger partial charge in [-0.05, 0) is 23.3 Å². The molecule has 0 bridgehead atoms. The van der Waals surface area contributed by atoms with Crippen molar-refractivity contribution in [3.8, 4) is 0 Å². The molecule has 5 nitrogen and oxygen atoms in total. The predicted octanol–water partition coefficient (Wildman–Crippen LogP) is 3.08. The standard InChI is InChI=1S/C15H17NO4S/c1-2-3-10-21(19,20)16-13-9-8-11-6-4-5-7-12(11)14(13)15(17)18/h4-9,16H,2-3,10H2,1H3,(H,17,18). The molecule has 0 saturated carbocycles. The van der Waals surface area contributed by atoms with E-state index in [1.54, 1.807) is 30.3 Å². The number of carbonyl (C=O) groups is 1. The Morgan fingerprint density at radius 2 is 1.90 bits per heavy atom. The zero-order chi connectivity index (χ0) is 15.5. The van der Waals surface area contributed by atoms with Gasteiger partial charge in [-0.15, -0.1) is 0 Å². The number of carboxylic acid groups (broad SMARTS) is 1. The summed E-state index contributed by atoms with van der Waals surface area (Å²) in [4.78, 5) is 11.5. The molecule has 0 amide bonds. The maximum atomic E-state index is 12.0. The van der Waals surface area contributed by atoms with Gasteiger partial charge in [0.25, 0.3) is 0 Å². The van der Waals surface area contributed by atoms with Crippen LogP contribution in [0.5, 0.6) is 0 Å². The average Bonchev–Trinajstić information content (AvgIpc) is 2.44. The molecule has 2 aromatic rings. The summed E-state index contributed by atoms with van der Waals surface area (Å²) in [6.07, 6.45) is 1.29. The number of aromatic carboxylic acids is 1. The molecule has 2 rings (SSSR count). The maximum Gasteiger partial charge on any atom is 0.338 e. The first-order chi connectivity index (χ1) is 9.94. The number of fused-ring (bicyclic) bond motifs is 1. The maximum absolute atomic E-state index is 12.0. The van der Waals surface area contributed by atoms with Crippen LogP contribution in [-0.4, -0.2) is 25.2 Å². The lowest BCUT2D eigenvalue weighted by Gasteiger charge is -2.12. The van der Waals surface area contributed by atoms with Crippen LogP contribution < -0.4 is 4.72 Å². The highest BCUT2D eigenvalue weighted by Crippen LogP contribution is 2.27. The molecule has 2 N–H and O–H groups in total. The van der Waals surface area contributed by atoms with Crippen LogP contribution in [0.1, 0.15) is 30.1 Å². The van der Waals surface area contributed by atoms with E-state index in [2.05, 4.69) is 4.72 Å². The number of hydrogen-bond donors (Lipinski definition) is 2. The third-order valence-electron chi connectivity index (χ3n) is 3.17. The molecule has 2 aromatic carbocycles. The highest BCUT2D eigenvalue weighted by Gasteiger charge is 2.18. The highest BCUT2D eigenvalue weighted by molar-refractivity contribution is 7.92. The molecule has 0 aliphatic heterocycles. The van der Waals surface area contributed by atoms with Crippen molar-refractivity contribution in [1.82, 2.24) is 0 Å². The van der Waals surface area contributed by atoms with Gasteiger partial charge in [-0.25, -0.2) is 13.2 Å². The molecule has 112 valence electrons. The Hall–Kier alpha value is -2.08. The minimum Gasteiger partial charge on any atom is -0.478 e. The first-order valence-corrected chi connectivity index (χ1v) is 8.35. The number of carboxylic acids is 1.